The van der Waals surface area contributed by atoms with E-state index >= 15 is 0 Å². The average molecular weight is 254 g/mol. The number of carboxylic acid groups (broad SMARTS) is 1. The molecule has 1 saturated heterocycles. The summed E-state index contributed by atoms with van der Waals surface area (Å²) >= 11 is 0. The molecular weight excluding hydrogens is 240 g/mol. The number of aliphatic carboxylic acids is 1. The maximum absolute atomic E-state index is 12.0. The molecule has 0 spiro atoms. The number of likely N-dealkylation sites (N-methyl/N-ethyl adjacent to an activating group) is 1. The van der Waals surface area contributed by atoms with Gasteiger partial charge in [0.05, 0.1) is 18.8 Å². The van der Waals surface area contributed by atoms with E-state index in [1.165, 1.54) is 6.20 Å². The number of nitrogens with zero attached hydrogens (tertiary/aromatic N) is 4. The van der Waals surface area contributed by atoms with E-state index in [2.05, 4.69) is 10.3 Å². The van der Waals surface area contributed by atoms with Gasteiger partial charge in [-0.3, -0.25) is 9.59 Å². The van der Waals surface area contributed by atoms with E-state index in [0.29, 0.717) is 13.2 Å². The van der Waals surface area contributed by atoms with Crippen LogP contribution in [0.1, 0.15) is 16.9 Å². The molecule has 1 aliphatic heterocycles. The van der Waals surface area contributed by atoms with Crippen LogP contribution in [0, 0.1) is 0 Å². The van der Waals surface area contributed by atoms with Crippen molar-refractivity contribution in [1.29, 1.82) is 0 Å². The molecule has 1 N–H and O–H groups in total. The highest BCUT2D eigenvalue weighted by Crippen LogP contribution is 2.12. The maximum Gasteiger partial charge on any atom is 0.325 e. The highest BCUT2D eigenvalue weighted by Gasteiger charge is 2.26. The van der Waals surface area contributed by atoms with Gasteiger partial charge in [0.25, 0.3) is 5.91 Å². The van der Waals surface area contributed by atoms with Crippen molar-refractivity contribution in [2.24, 2.45) is 0 Å². The Labute approximate surface area is 103 Å². The Bertz CT molecular complexity index is 452. The highest BCUT2D eigenvalue weighted by atomic mass is 16.5. The standard InChI is InChI=1S/C10H14N4O4/c1-13(7-2-3-18-6-7)10(17)8-4-14(12-11-8)5-9(15)16/h4,7H,2-3,5-6H2,1H3,(H,15,16). The topological polar surface area (TPSA) is 97.6 Å². The zero-order valence-electron chi connectivity index (χ0n) is 9.94. The molecule has 1 atom stereocenters. The van der Waals surface area contributed by atoms with Crippen LogP contribution in [0.15, 0.2) is 6.20 Å². The van der Waals surface area contributed by atoms with E-state index in [1.54, 1.807) is 11.9 Å². The van der Waals surface area contributed by atoms with Gasteiger partial charge in [-0.25, -0.2) is 4.68 Å². The number of ether oxygens (including phenoxy) is 1. The predicted molar refractivity (Wildman–Crippen MR) is 59.0 cm³/mol. The van der Waals surface area contributed by atoms with Gasteiger partial charge >= 0.3 is 5.97 Å². The number of rotatable bonds is 4. The summed E-state index contributed by atoms with van der Waals surface area (Å²) in [6, 6.07) is 0.0436. The van der Waals surface area contributed by atoms with Crippen molar-refractivity contribution in [1.82, 2.24) is 19.9 Å². The average Bonchev–Trinajstić information content (AvgIpc) is 2.96. The summed E-state index contributed by atoms with van der Waals surface area (Å²) in [6.45, 7) is 0.857. The Kier molecular flexibility index (Phi) is 3.56. The quantitative estimate of drug-likeness (QED) is 0.757. The Balaban J connectivity index is 2.03. The van der Waals surface area contributed by atoms with Crippen LogP contribution in [-0.4, -0.2) is 63.2 Å². The minimum absolute atomic E-state index is 0.0436. The van der Waals surface area contributed by atoms with Crippen LogP contribution in [-0.2, 0) is 16.1 Å². The summed E-state index contributed by atoms with van der Waals surface area (Å²) in [5, 5.41) is 15.9. The molecule has 0 radical (unpaired) electrons. The SMILES string of the molecule is CN(C(=O)c1cn(CC(=O)O)nn1)C1CCOC1. The molecule has 18 heavy (non-hydrogen) atoms. The van der Waals surface area contributed by atoms with Crippen molar-refractivity contribution >= 4 is 11.9 Å². The van der Waals surface area contributed by atoms with E-state index in [0.717, 1.165) is 11.1 Å². The van der Waals surface area contributed by atoms with Crippen molar-refractivity contribution in [3.8, 4) is 0 Å². The van der Waals surface area contributed by atoms with Crippen LogP contribution in [0.25, 0.3) is 0 Å². The number of hydrogen-bond donors (Lipinski definition) is 1. The molecule has 1 aromatic heterocycles. The molecule has 98 valence electrons. The third-order valence-corrected chi connectivity index (χ3v) is 2.83. The Morgan fingerprint density at radius 1 is 1.67 bits per heavy atom. The fraction of sp³-hybridized carbons (Fsp3) is 0.600. The molecule has 8 heteroatoms. The first-order chi connectivity index (χ1) is 8.58. The minimum Gasteiger partial charge on any atom is -0.480 e. The molecule has 1 aromatic rings. The smallest absolute Gasteiger partial charge is 0.325 e. The number of amides is 1. The van der Waals surface area contributed by atoms with E-state index < -0.39 is 5.97 Å². The van der Waals surface area contributed by atoms with E-state index in [1.807, 2.05) is 0 Å². The van der Waals surface area contributed by atoms with Gasteiger partial charge in [0.2, 0.25) is 0 Å². The van der Waals surface area contributed by atoms with Crippen LogP contribution < -0.4 is 0 Å². The second kappa shape index (κ2) is 5.13. The van der Waals surface area contributed by atoms with Gasteiger partial charge in [-0.1, -0.05) is 5.21 Å². The van der Waals surface area contributed by atoms with Gasteiger partial charge in [0.1, 0.15) is 6.54 Å². The summed E-state index contributed by atoms with van der Waals surface area (Å²) < 4.78 is 6.33. The van der Waals surface area contributed by atoms with Crippen molar-refractivity contribution in [3.05, 3.63) is 11.9 Å². The molecule has 1 aliphatic rings. The summed E-state index contributed by atoms with van der Waals surface area (Å²) in [5.41, 5.74) is 0.144. The molecule has 2 rings (SSSR count). The normalized spacial score (nSPS) is 18.8. The Morgan fingerprint density at radius 3 is 3.06 bits per heavy atom. The van der Waals surface area contributed by atoms with Crippen LogP contribution in [0.3, 0.4) is 0 Å². The maximum atomic E-state index is 12.0. The van der Waals surface area contributed by atoms with Crippen molar-refractivity contribution in [2.45, 2.75) is 19.0 Å². The first-order valence-corrected chi connectivity index (χ1v) is 5.54. The minimum atomic E-state index is -1.03. The number of hydrogen-bond acceptors (Lipinski definition) is 5. The predicted octanol–water partition coefficient (Wildman–Crippen LogP) is -0.776. The molecule has 0 aromatic carbocycles. The van der Waals surface area contributed by atoms with Crippen molar-refractivity contribution in [3.63, 3.8) is 0 Å². The lowest BCUT2D eigenvalue weighted by atomic mass is 10.2. The molecule has 1 amide bonds. The molecule has 1 fully saturated rings. The van der Waals surface area contributed by atoms with E-state index in [9.17, 15) is 9.59 Å². The van der Waals surface area contributed by atoms with Crippen LogP contribution in [0.2, 0.25) is 0 Å². The second-order valence-corrected chi connectivity index (χ2v) is 4.13. The van der Waals surface area contributed by atoms with E-state index in [-0.39, 0.29) is 24.2 Å². The first-order valence-electron chi connectivity index (χ1n) is 5.54. The van der Waals surface area contributed by atoms with Gasteiger partial charge in [-0.15, -0.1) is 5.10 Å². The van der Waals surface area contributed by atoms with Gasteiger partial charge in [0.15, 0.2) is 5.69 Å². The Morgan fingerprint density at radius 2 is 2.44 bits per heavy atom. The van der Waals surface area contributed by atoms with Crippen molar-refractivity contribution in [2.75, 3.05) is 20.3 Å². The van der Waals surface area contributed by atoms with Gasteiger partial charge < -0.3 is 14.7 Å². The van der Waals surface area contributed by atoms with Gasteiger partial charge in [-0.2, -0.15) is 0 Å². The fourth-order valence-electron chi connectivity index (χ4n) is 1.79. The lowest BCUT2D eigenvalue weighted by molar-refractivity contribution is -0.137. The van der Waals surface area contributed by atoms with Crippen LogP contribution >= 0.6 is 0 Å². The zero-order valence-corrected chi connectivity index (χ0v) is 9.94. The van der Waals surface area contributed by atoms with Crippen LogP contribution in [0.5, 0.6) is 0 Å². The largest absolute Gasteiger partial charge is 0.480 e. The number of carbonyl (C=O) groups is 2. The summed E-state index contributed by atoms with van der Waals surface area (Å²) in [4.78, 5) is 24.1. The highest BCUT2D eigenvalue weighted by molar-refractivity contribution is 5.92. The molecule has 0 bridgehead atoms. The summed E-state index contributed by atoms with van der Waals surface area (Å²) in [6.07, 6.45) is 2.13. The monoisotopic (exact) mass is 254 g/mol. The Hall–Kier alpha value is -1.96. The van der Waals surface area contributed by atoms with Crippen LogP contribution in [0.4, 0.5) is 0 Å². The fourth-order valence-corrected chi connectivity index (χ4v) is 1.79. The second-order valence-electron chi connectivity index (χ2n) is 4.13. The molecule has 8 nitrogen and oxygen atoms in total. The van der Waals surface area contributed by atoms with Gasteiger partial charge in [-0.05, 0) is 6.42 Å². The first kappa shape index (κ1) is 12.5. The number of carbonyl (C=O) groups excluding carboxylic acids is 1. The molecule has 0 saturated carbocycles. The zero-order chi connectivity index (χ0) is 13.1. The lowest BCUT2D eigenvalue weighted by Gasteiger charge is -2.21. The van der Waals surface area contributed by atoms with Crippen molar-refractivity contribution < 1.29 is 19.4 Å². The molecule has 1 unspecified atom stereocenters. The molecule has 0 aliphatic carbocycles. The van der Waals surface area contributed by atoms with E-state index in [4.69, 9.17) is 9.84 Å². The molecule has 2 heterocycles. The lowest BCUT2D eigenvalue weighted by Crippen LogP contribution is -2.37. The third-order valence-electron chi connectivity index (χ3n) is 2.83. The number of carboxylic acids is 1. The number of aromatic nitrogens is 3. The molecular formula is C10H14N4O4. The van der Waals surface area contributed by atoms with Gasteiger partial charge in [0, 0.05) is 13.7 Å². The summed E-state index contributed by atoms with van der Waals surface area (Å²) in [7, 11) is 1.68. The third kappa shape index (κ3) is 2.65. The summed E-state index contributed by atoms with van der Waals surface area (Å²) in [5.74, 6) is -1.31.